The molecule has 3 rings (SSSR count). The number of carbonyl (C=O) groups is 1. The number of carbonyl (C=O) groups excluding carboxylic acids is 1. The summed E-state index contributed by atoms with van der Waals surface area (Å²) in [5.74, 6) is 1.20. The van der Waals surface area contributed by atoms with Crippen molar-refractivity contribution in [2.45, 2.75) is 26.2 Å². The van der Waals surface area contributed by atoms with E-state index in [-0.39, 0.29) is 35.8 Å². The number of nitrogens with one attached hydrogen (secondary N) is 4. The summed E-state index contributed by atoms with van der Waals surface area (Å²) in [6.45, 7) is 4.20. The van der Waals surface area contributed by atoms with Crippen molar-refractivity contribution in [3.05, 3.63) is 35.5 Å². The average molecular weight is 469 g/mol. The molecule has 4 N–H and O–H groups in total. The Kier molecular flexibility index (Phi) is 7.74. The van der Waals surface area contributed by atoms with Crippen LogP contribution >= 0.6 is 24.0 Å². The maximum Gasteiger partial charge on any atom is 0.223 e. The Hall–Kier alpha value is -1.77. The standard InChI is InChI=1S/C19H27N5O.HI/c1-13-3-6-16-15(12-24-17(16)11-13)7-8-22-19(20-2)23-10-9-21-18(25)14-4-5-14;/h3,6,11-12,14,24H,4-5,7-10H2,1-2H3,(H,21,25)(H2,20,22,23);1H. The van der Waals surface area contributed by atoms with E-state index in [0.29, 0.717) is 13.1 Å². The third-order valence-electron chi connectivity index (χ3n) is 4.50. The number of benzene rings is 1. The maximum atomic E-state index is 11.6. The normalized spacial score (nSPS) is 14.0. The van der Waals surface area contributed by atoms with Gasteiger partial charge in [0, 0.05) is 49.7 Å². The smallest absolute Gasteiger partial charge is 0.223 e. The van der Waals surface area contributed by atoms with Gasteiger partial charge < -0.3 is 20.9 Å². The summed E-state index contributed by atoms with van der Waals surface area (Å²) in [6, 6.07) is 6.48. The minimum absolute atomic E-state index is 0. The minimum Gasteiger partial charge on any atom is -0.361 e. The van der Waals surface area contributed by atoms with Gasteiger partial charge >= 0.3 is 0 Å². The predicted octanol–water partition coefficient (Wildman–Crippen LogP) is 2.33. The van der Waals surface area contributed by atoms with Crippen molar-refractivity contribution in [2.24, 2.45) is 10.9 Å². The van der Waals surface area contributed by atoms with Crippen LogP contribution in [0.5, 0.6) is 0 Å². The molecule has 0 atom stereocenters. The highest BCUT2D eigenvalue weighted by Crippen LogP contribution is 2.28. The van der Waals surface area contributed by atoms with Crippen LogP contribution in [0, 0.1) is 12.8 Å². The number of fused-ring (bicyclic) bond motifs is 1. The number of halogens is 1. The number of aliphatic imine (C=N–C) groups is 1. The van der Waals surface area contributed by atoms with E-state index in [9.17, 15) is 4.79 Å². The van der Waals surface area contributed by atoms with E-state index >= 15 is 0 Å². The van der Waals surface area contributed by atoms with E-state index < -0.39 is 0 Å². The zero-order chi connectivity index (χ0) is 17.6. The van der Waals surface area contributed by atoms with Gasteiger partial charge in [-0.25, -0.2) is 0 Å². The average Bonchev–Trinajstić information content (AvgIpc) is 3.39. The molecule has 0 aliphatic heterocycles. The number of rotatable bonds is 7. The summed E-state index contributed by atoms with van der Waals surface area (Å²) in [4.78, 5) is 19.1. The van der Waals surface area contributed by atoms with Crippen molar-refractivity contribution in [1.82, 2.24) is 20.9 Å². The van der Waals surface area contributed by atoms with Gasteiger partial charge in [-0.3, -0.25) is 9.79 Å². The number of aromatic nitrogens is 1. The Bertz CT molecular complexity index is 766. The van der Waals surface area contributed by atoms with Crippen molar-refractivity contribution in [2.75, 3.05) is 26.7 Å². The first-order valence-corrected chi connectivity index (χ1v) is 8.96. The molecule has 1 amide bonds. The molecule has 142 valence electrons. The molecule has 2 aromatic rings. The largest absolute Gasteiger partial charge is 0.361 e. The van der Waals surface area contributed by atoms with Crippen molar-refractivity contribution in [3.63, 3.8) is 0 Å². The molecule has 0 bridgehead atoms. The van der Waals surface area contributed by atoms with Gasteiger partial charge in [0.15, 0.2) is 5.96 Å². The van der Waals surface area contributed by atoms with Crippen LogP contribution in [-0.4, -0.2) is 43.5 Å². The third-order valence-corrected chi connectivity index (χ3v) is 4.50. The van der Waals surface area contributed by atoms with Gasteiger partial charge in [-0.2, -0.15) is 0 Å². The first kappa shape index (κ1) is 20.5. The highest BCUT2D eigenvalue weighted by atomic mass is 127. The predicted molar refractivity (Wildman–Crippen MR) is 117 cm³/mol. The van der Waals surface area contributed by atoms with E-state index in [0.717, 1.165) is 31.8 Å². The molecule has 6 nitrogen and oxygen atoms in total. The zero-order valence-corrected chi connectivity index (χ0v) is 17.7. The molecule has 0 unspecified atom stereocenters. The van der Waals surface area contributed by atoms with Crippen molar-refractivity contribution < 1.29 is 4.79 Å². The number of nitrogens with zero attached hydrogens (tertiary/aromatic N) is 1. The van der Waals surface area contributed by atoms with Gasteiger partial charge in [-0.15, -0.1) is 24.0 Å². The van der Waals surface area contributed by atoms with Crippen LogP contribution in [0.2, 0.25) is 0 Å². The second-order valence-corrected chi connectivity index (χ2v) is 6.60. The highest BCUT2D eigenvalue weighted by Gasteiger charge is 2.28. The van der Waals surface area contributed by atoms with E-state index in [1.807, 2.05) is 0 Å². The second kappa shape index (κ2) is 9.80. The van der Waals surface area contributed by atoms with Crippen LogP contribution in [0.15, 0.2) is 29.4 Å². The Morgan fingerprint density at radius 1 is 1.19 bits per heavy atom. The van der Waals surface area contributed by atoms with Crippen molar-refractivity contribution in [3.8, 4) is 0 Å². The van der Waals surface area contributed by atoms with Crippen molar-refractivity contribution in [1.29, 1.82) is 0 Å². The van der Waals surface area contributed by atoms with Gasteiger partial charge in [0.2, 0.25) is 5.91 Å². The number of hydrogen-bond donors (Lipinski definition) is 4. The number of hydrogen-bond acceptors (Lipinski definition) is 2. The summed E-state index contributed by atoms with van der Waals surface area (Å²) < 4.78 is 0. The SMILES string of the molecule is CN=C(NCCNC(=O)C1CC1)NCCc1c[nH]c2cc(C)ccc12.I. The summed E-state index contributed by atoms with van der Waals surface area (Å²) in [7, 11) is 1.76. The van der Waals surface area contributed by atoms with Crippen LogP contribution < -0.4 is 16.0 Å². The van der Waals surface area contributed by atoms with Crippen LogP contribution in [0.25, 0.3) is 10.9 Å². The fourth-order valence-electron chi connectivity index (χ4n) is 2.90. The van der Waals surface area contributed by atoms with Crippen LogP contribution in [0.1, 0.15) is 24.0 Å². The fourth-order valence-corrected chi connectivity index (χ4v) is 2.90. The summed E-state index contributed by atoms with van der Waals surface area (Å²) in [5.41, 5.74) is 3.75. The quantitative estimate of drug-likeness (QED) is 0.218. The van der Waals surface area contributed by atoms with E-state index in [4.69, 9.17) is 0 Å². The molecule has 1 heterocycles. The van der Waals surface area contributed by atoms with Gasteiger partial charge in [0.25, 0.3) is 0 Å². The van der Waals surface area contributed by atoms with E-state index in [1.54, 1.807) is 7.05 Å². The lowest BCUT2D eigenvalue weighted by atomic mass is 10.1. The Balaban J connectivity index is 0.00000243. The minimum atomic E-state index is 0. The molecule has 1 aliphatic carbocycles. The molecule has 1 aliphatic rings. The fraction of sp³-hybridized carbons (Fsp3) is 0.474. The molecule has 1 aromatic heterocycles. The van der Waals surface area contributed by atoms with Gasteiger partial charge in [0.1, 0.15) is 0 Å². The summed E-state index contributed by atoms with van der Waals surface area (Å²) in [6.07, 6.45) is 5.07. The molecular formula is C19H28IN5O. The molecule has 26 heavy (non-hydrogen) atoms. The molecule has 0 radical (unpaired) electrons. The number of aromatic amines is 1. The number of guanidine groups is 1. The second-order valence-electron chi connectivity index (χ2n) is 6.60. The first-order chi connectivity index (χ1) is 12.2. The van der Waals surface area contributed by atoms with Crippen LogP contribution in [-0.2, 0) is 11.2 Å². The number of aryl methyl sites for hydroxylation is 1. The van der Waals surface area contributed by atoms with Crippen molar-refractivity contribution >= 4 is 46.7 Å². The maximum absolute atomic E-state index is 11.6. The Morgan fingerprint density at radius 2 is 1.92 bits per heavy atom. The number of amides is 1. The van der Waals surface area contributed by atoms with E-state index in [2.05, 4.69) is 57.2 Å². The van der Waals surface area contributed by atoms with Gasteiger partial charge in [-0.1, -0.05) is 12.1 Å². The zero-order valence-electron chi connectivity index (χ0n) is 15.4. The highest BCUT2D eigenvalue weighted by molar-refractivity contribution is 14.0. The Labute approximate surface area is 171 Å². The lowest BCUT2D eigenvalue weighted by Gasteiger charge is -2.12. The topological polar surface area (TPSA) is 81.3 Å². The van der Waals surface area contributed by atoms with Crippen LogP contribution in [0.4, 0.5) is 0 Å². The molecule has 7 heteroatoms. The van der Waals surface area contributed by atoms with Crippen LogP contribution in [0.3, 0.4) is 0 Å². The van der Waals surface area contributed by atoms with Gasteiger partial charge in [-0.05, 0) is 43.4 Å². The molecule has 1 aromatic carbocycles. The third kappa shape index (κ3) is 5.62. The molecular weight excluding hydrogens is 441 g/mol. The lowest BCUT2D eigenvalue weighted by Crippen LogP contribution is -2.42. The Morgan fingerprint density at radius 3 is 2.65 bits per heavy atom. The number of H-pyrrole nitrogens is 1. The monoisotopic (exact) mass is 469 g/mol. The molecule has 1 saturated carbocycles. The molecule has 0 spiro atoms. The van der Waals surface area contributed by atoms with E-state index in [1.165, 1.54) is 22.0 Å². The summed E-state index contributed by atoms with van der Waals surface area (Å²) in [5, 5.41) is 10.8. The molecule has 0 saturated heterocycles. The lowest BCUT2D eigenvalue weighted by molar-refractivity contribution is -0.122. The first-order valence-electron chi connectivity index (χ1n) is 8.96. The van der Waals surface area contributed by atoms with Gasteiger partial charge in [0.05, 0.1) is 0 Å². The summed E-state index contributed by atoms with van der Waals surface area (Å²) >= 11 is 0. The molecule has 1 fully saturated rings.